The minimum absolute atomic E-state index is 0.00705. The van der Waals surface area contributed by atoms with Crippen molar-refractivity contribution < 1.29 is 22.4 Å². The molecular weight excluding hydrogens is 541 g/mol. The molecule has 1 N–H and O–H groups in total. The third kappa shape index (κ3) is 7.58. The molecule has 0 aliphatic rings. The van der Waals surface area contributed by atoms with E-state index in [0.29, 0.717) is 22.7 Å². The van der Waals surface area contributed by atoms with E-state index in [-0.39, 0.29) is 23.0 Å². The Bertz CT molecular complexity index is 1390. The molecule has 2 amide bonds. The fourth-order valence-corrected chi connectivity index (χ4v) is 5.67. The Balaban J connectivity index is 2.02. The molecule has 0 fully saturated rings. The first-order valence-corrected chi connectivity index (χ1v) is 14.5. The Kier molecular flexibility index (Phi) is 10.5. The van der Waals surface area contributed by atoms with E-state index in [1.54, 1.807) is 50.2 Å². The maximum absolute atomic E-state index is 13.9. The van der Waals surface area contributed by atoms with Gasteiger partial charge in [-0.2, -0.15) is 0 Å². The van der Waals surface area contributed by atoms with Crippen molar-refractivity contribution in [3.05, 3.63) is 94.8 Å². The Morgan fingerprint density at radius 3 is 2.31 bits per heavy atom. The molecule has 0 unspecified atom stereocenters. The number of carbonyl (C=O) groups is 2. The highest BCUT2D eigenvalue weighted by atomic mass is 35.5. The van der Waals surface area contributed by atoms with Crippen LogP contribution in [0.1, 0.15) is 37.8 Å². The quantitative estimate of drug-likeness (QED) is 0.297. The monoisotopic (exact) mass is 573 g/mol. The van der Waals surface area contributed by atoms with E-state index >= 15 is 0 Å². The molecule has 3 rings (SSSR count). The second-order valence-electron chi connectivity index (χ2n) is 9.18. The van der Waals surface area contributed by atoms with E-state index in [1.165, 1.54) is 41.3 Å². The predicted molar refractivity (Wildman–Crippen MR) is 151 cm³/mol. The lowest BCUT2D eigenvalue weighted by Crippen LogP contribution is -2.51. The van der Waals surface area contributed by atoms with Gasteiger partial charge in [-0.25, -0.2) is 12.8 Å². The molecule has 0 aromatic heterocycles. The maximum atomic E-state index is 13.9. The molecular formula is C29H33ClFN3O4S. The Hall–Kier alpha value is -3.43. The van der Waals surface area contributed by atoms with Crippen molar-refractivity contribution in [1.82, 2.24) is 10.2 Å². The lowest BCUT2D eigenvalue weighted by molar-refractivity contribution is -0.139. The molecule has 39 heavy (non-hydrogen) atoms. The van der Waals surface area contributed by atoms with Gasteiger partial charge < -0.3 is 10.2 Å². The van der Waals surface area contributed by atoms with Gasteiger partial charge in [0.25, 0.3) is 10.0 Å². The summed E-state index contributed by atoms with van der Waals surface area (Å²) in [6, 6.07) is 17.3. The Labute approximate surface area is 234 Å². The van der Waals surface area contributed by atoms with Crippen LogP contribution in [-0.4, -0.2) is 44.3 Å². The highest BCUT2D eigenvalue weighted by Gasteiger charge is 2.33. The zero-order valence-corrected chi connectivity index (χ0v) is 23.8. The number of hydrogen-bond donors (Lipinski definition) is 1. The molecule has 7 nitrogen and oxygen atoms in total. The molecule has 0 saturated heterocycles. The average molecular weight is 574 g/mol. The van der Waals surface area contributed by atoms with Crippen LogP contribution in [0.3, 0.4) is 0 Å². The van der Waals surface area contributed by atoms with Crippen molar-refractivity contribution in [3.63, 3.8) is 0 Å². The minimum atomic E-state index is -4.19. The van der Waals surface area contributed by atoms with E-state index in [2.05, 4.69) is 5.32 Å². The first-order valence-electron chi connectivity index (χ1n) is 12.7. The maximum Gasteiger partial charge on any atom is 0.264 e. The Morgan fingerprint density at radius 2 is 1.67 bits per heavy atom. The van der Waals surface area contributed by atoms with Crippen molar-refractivity contribution in [1.29, 1.82) is 0 Å². The van der Waals surface area contributed by atoms with Crippen LogP contribution in [0.15, 0.2) is 77.7 Å². The van der Waals surface area contributed by atoms with Gasteiger partial charge in [0, 0.05) is 18.1 Å². The van der Waals surface area contributed by atoms with Gasteiger partial charge in [-0.05, 0) is 67.8 Å². The van der Waals surface area contributed by atoms with Gasteiger partial charge in [-0.1, -0.05) is 61.3 Å². The van der Waals surface area contributed by atoms with Crippen LogP contribution in [0, 0.1) is 12.7 Å². The number of rotatable bonds is 12. The van der Waals surface area contributed by atoms with Crippen molar-refractivity contribution >= 4 is 39.1 Å². The van der Waals surface area contributed by atoms with Crippen LogP contribution in [0.4, 0.5) is 10.1 Å². The lowest BCUT2D eigenvalue weighted by atomic mass is 10.1. The second-order valence-corrected chi connectivity index (χ2v) is 11.4. The number of nitrogens with zero attached hydrogens (tertiary/aromatic N) is 2. The fourth-order valence-electron chi connectivity index (χ4n) is 4.00. The largest absolute Gasteiger partial charge is 0.354 e. The third-order valence-corrected chi connectivity index (χ3v) is 8.56. The van der Waals surface area contributed by atoms with Crippen LogP contribution in [-0.2, 0) is 26.2 Å². The van der Waals surface area contributed by atoms with E-state index in [0.717, 1.165) is 17.1 Å². The Morgan fingerprint density at radius 1 is 1.00 bits per heavy atom. The molecule has 0 radical (unpaired) electrons. The lowest BCUT2D eigenvalue weighted by Gasteiger charge is -2.32. The van der Waals surface area contributed by atoms with Gasteiger partial charge in [-0.3, -0.25) is 13.9 Å². The summed E-state index contributed by atoms with van der Waals surface area (Å²) in [6.07, 6.45) is 1.67. The van der Waals surface area contributed by atoms with E-state index in [9.17, 15) is 22.4 Å². The summed E-state index contributed by atoms with van der Waals surface area (Å²) in [5, 5.41) is 3.18. The standard InChI is InChI=1S/C29H33ClFN3O4S/c1-4-5-18-32-29(36)22(3)33(19-23-14-16-24(31)17-15-23)28(35)20-34(27-13-9-12-26(30)21(27)2)39(37,38)25-10-7-6-8-11-25/h6-17,22H,4-5,18-20H2,1-3H3,(H,32,36)/t22-/m0/s1. The second kappa shape index (κ2) is 13.6. The zero-order chi connectivity index (χ0) is 28.6. The van der Waals surface area contributed by atoms with Gasteiger partial charge in [0.05, 0.1) is 10.6 Å². The number of carbonyl (C=O) groups excluding carboxylic acids is 2. The van der Waals surface area contributed by atoms with Crippen molar-refractivity contribution in [2.24, 2.45) is 0 Å². The zero-order valence-electron chi connectivity index (χ0n) is 22.2. The summed E-state index contributed by atoms with van der Waals surface area (Å²) in [4.78, 5) is 28.2. The fraction of sp³-hybridized carbons (Fsp3) is 0.310. The number of anilines is 1. The van der Waals surface area contributed by atoms with Crippen LogP contribution in [0.5, 0.6) is 0 Å². The number of halogens is 2. The summed E-state index contributed by atoms with van der Waals surface area (Å²) in [7, 11) is -4.19. The summed E-state index contributed by atoms with van der Waals surface area (Å²) < 4.78 is 42.2. The molecule has 0 aliphatic carbocycles. The normalized spacial score (nSPS) is 12.0. The van der Waals surface area contributed by atoms with Gasteiger partial charge in [0.1, 0.15) is 18.4 Å². The van der Waals surface area contributed by atoms with Crippen LogP contribution < -0.4 is 9.62 Å². The molecule has 208 valence electrons. The van der Waals surface area contributed by atoms with E-state index in [4.69, 9.17) is 11.6 Å². The summed E-state index contributed by atoms with van der Waals surface area (Å²) in [5.41, 5.74) is 1.33. The molecule has 1 atom stereocenters. The summed E-state index contributed by atoms with van der Waals surface area (Å²) >= 11 is 6.33. The SMILES string of the molecule is CCCCNC(=O)[C@H](C)N(Cc1ccc(F)cc1)C(=O)CN(c1cccc(Cl)c1C)S(=O)(=O)c1ccccc1. The number of nitrogens with one attached hydrogen (secondary N) is 1. The molecule has 0 bridgehead atoms. The van der Waals surface area contributed by atoms with Gasteiger partial charge in [0.15, 0.2) is 0 Å². The smallest absolute Gasteiger partial charge is 0.264 e. The molecule has 0 saturated carbocycles. The van der Waals surface area contributed by atoms with Crippen molar-refractivity contribution in [2.45, 2.75) is 51.1 Å². The van der Waals surface area contributed by atoms with E-state index in [1.807, 2.05) is 6.92 Å². The topological polar surface area (TPSA) is 86.8 Å². The van der Waals surface area contributed by atoms with Crippen LogP contribution >= 0.6 is 11.6 Å². The summed E-state index contributed by atoms with van der Waals surface area (Å²) in [5.74, 6) is -1.40. The molecule has 0 aliphatic heterocycles. The van der Waals surface area contributed by atoms with E-state index < -0.39 is 34.3 Å². The first kappa shape index (κ1) is 30.1. The third-order valence-electron chi connectivity index (χ3n) is 6.38. The number of unbranched alkanes of at least 4 members (excludes halogenated alkanes) is 1. The first-order chi connectivity index (χ1) is 18.6. The summed E-state index contributed by atoms with van der Waals surface area (Å²) in [6.45, 7) is 5.12. The highest BCUT2D eigenvalue weighted by molar-refractivity contribution is 7.92. The minimum Gasteiger partial charge on any atom is -0.354 e. The highest BCUT2D eigenvalue weighted by Crippen LogP contribution is 2.31. The molecule has 3 aromatic carbocycles. The average Bonchev–Trinajstić information content (AvgIpc) is 2.93. The van der Waals surface area contributed by atoms with Gasteiger partial charge in [-0.15, -0.1) is 0 Å². The number of sulfonamides is 1. The molecule has 3 aromatic rings. The van der Waals surface area contributed by atoms with Crippen molar-refractivity contribution in [3.8, 4) is 0 Å². The molecule has 0 heterocycles. The van der Waals surface area contributed by atoms with Gasteiger partial charge in [0.2, 0.25) is 11.8 Å². The van der Waals surface area contributed by atoms with Crippen molar-refractivity contribution in [2.75, 3.05) is 17.4 Å². The van der Waals surface area contributed by atoms with Gasteiger partial charge >= 0.3 is 0 Å². The number of amides is 2. The molecule has 0 spiro atoms. The molecule has 10 heteroatoms. The number of benzene rings is 3. The number of hydrogen-bond acceptors (Lipinski definition) is 4. The van der Waals surface area contributed by atoms with Crippen LogP contribution in [0.2, 0.25) is 5.02 Å². The predicted octanol–water partition coefficient (Wildman–Crippen LogP) is 5.32. The van der Waals surface area contributed by atoms with Crippen LogP contribution in [0.25, 0.3) is 0 Å².